The molecular formula is C23H29N3O3. The van der Waals surface area contributed by atoms with Crippen molar-refractivity contribution in [1.29, 1.82) is 0 Å². The minimum Gasteiger partial charge on any atom is -0.439 e. The second kappa shape index (κ2) is 8.91. The van der Waals surface area contributed by atoms with E-state index < -0.39 is 0 Å². The number of hydrogen-bond donors (Lipinski definition) is 0. The van der Waals surface area contributed by atoms with Gasteiger partial charge in [-0.25, -0.2) is 4.98 Å². The van der Waals surface area contributed by atoms with Crippen LogP contribution in [-0.2, 0) is 9.53 Å². The fourth-order valence-electron chi connectivity index (χ4n) is 4.17. The molecule has 3 heterocycles. The maximum absolute atomic E-state index is 12.9. The van der Waals surface area contributed by atoms with Crippen molar-refractivity contribution in [2.45, 2.75) is 45.4 Å². The average Bonchev–Trinajstić information content (AvgIpc) is 2.75. The highest BCUT2D eigenvalue weighted by Crippen LogP contribution is 2.30. The number of benzene rings is 1. The van der Waals surface area contributed by atoms with Gasteiger partial charge in [0.1, 0.15) is 11.6 Å². The molecule has 1 amide bonds. The van der Waals surface area contributed by atoms with E-state index in [-0.39, 0.29) is 17.7 Å². The summed E-state index contributed by atoms with van der Waals surface area (Å²) in [6, 6.07) is 9.78. The first-order valence-corrected chi connectivity index (χ1v) is 10.6. The van der Waals surface area contributed by atoms with Crippen molar-refractivity contribution in [2.24, 2.45) is 5.92 Å². The van der Waals surface area contributed by atoms with E-state index in [0.717, 1.165) is 55.1 Å². The van der Waals surface area contributed by atoms with E-state index >= 15 is 0 Å². The molecule has 29 heavy (non-hydrogen) atoms. The number of rotatable bonds is 4. The number of aromatic nitrogens is 2. The second-order valence-electron chi connectivity index (χ2n) is 8.08. The van der Waals surface area contributed by atoms with Gasteiger partial charge in [0.15, 0.2) is 0 Å². The lowest BCUT2D eigenvalue weighted by molar-refractivity contribution is -0.139. The molecule has 2 saturated heterocycles. The van der Waals surface area contributed by atoms with Crippen LogP contribution >= 0.6 is 0 Å². The van der Waals surface area contributed by atoms with Crippen molar-refractivity contribution in [3.05, 3.63) is 47.4 Å². The lowest BCUT2D eigenvalue weighted by Gasteiger charge is -2.35. The van der Waals surface area contributed by atoms with Gasteiger partial charge >= 0.3 is 0 Å². The highest BCUT2D eigenvalue weighted by molar-refractivity contribution is 5.79. The van der Waals surface area contributed by atoms with Crippen molar-refractivity contribution in [3.63, 3.8) is 0 Å². The Morgan fingerprint density at radius 1 is 1.14 bits per heavy atom. The van der Waals surface area contributed by atoms with Crippen molar-refractivity contribution in [1.82, 2.24) is 14.9 Å². The molecular weight excluding hydrogens is 366 g/mol. The van der Waals surface area contributed by atoms with E-state index in [1.165, 1.54) is 0 Å². The summed E-state index contributed by atoms with van der Waals surface area (Å²) in [4.78, 5) is 24.3. The molecule has 0 spiro atoms. The number of likely N-dealkylation sites (tertiary alicyclic amines) is 1. The molecule has 1 atom stereocenters. The van der Waals surface area contributed by atoms with Crippen LogP contribution in [0.4, 0.5) is 0 Å². The molecule has 4 rings (SSSR count). The zero-order chi connectivity index (χ0) is 20.2. The van der Waals surface area contributed by atoms with Crippen LogP contribution in [0.1, 0.15) is 48.7 Å². The Labute approximate surface area is 172 Å². The summed E-state index contributed by atoms with van der Waals surface area (Å²) in [6.45, 7) is 6.87. The second-order valence-corrected chi connectivity index (χ2v) is 8.08. The van der Waals surface area contributed by atoms with Crippen LogP contribution in [0.5, 0.6) is 11.6 Å². The standard InChI is InChI=1S/C23H29N3O3/c1-16-6-3-4-8-20(16)29-21-14-17(2)24-22(25-21)19-7-5-11-26(15-19)23(27)18-9-12-28-13-10-18/h3-4,6,8,14,18-19H,5,7,9-13,15H2,1-2H3/t19-/m0/s1. The minimum atomic E-state index is 0.0980. The SMILES string of the molecule is Cc1cc(Oc2ccccc2C)nc([C@H]2CCCN(C(=O)C3CCOCC3)C2)n1. The summed E-state index contributed by atoms with van der Waals surface area (Å²) in [7, 11) is 0. The van der Waals surface area contributed by atoms with Gasteiger partial charge < -0.3 is 14.4 Å². The quantitative estimate of drug-likeness (QED) is 0.782. The third-order valence-corrected chi connectivity index (χ3v) is 5.82. The minimum absolute atomic E-state index is 0.0980. The number of amides is 1. The number of hydrogen-bond acceptors (Lipinski definition) is 5. The Balaban J connectivity index is 1.49. The third-order valence-electron chi connectivity index (χ3n) is 5.82. The van der Waals surface area contributed by atoms with Crippen LogP contribution in [0.25, 0.3) is 0 Å². The molecule has 2 aromatic rings. The Morgan fingerprint density at radius 2 is 1.93 bits per heavy atom. The topological polar surface area (TPSA) is 64.5 Å². The largest absolute Gasteiger partial charge is 0.439 e. The molecule has 0 aliphatic carbocycles. The highest BCUT2D eigenvalue weighted by atomic mass is 16.5. The van der Waals surface area contributed by atoms with Crippen LogP contribution in [0.15, 0.2) is 30.3 Å². The predicted molar refractivity (Wildman–Crippen MR) is 110 cm³/mol. The number of carbonyl (C=O) groups excluding carboxylic acids is 1. The molecule has 0 N–H and O–H groups in total. The van der Waals surface area contributed by atoms with Gasteiger partial charge in [-0.3, -0.25) is 4.79 Å². The van der Waals surface area contributed by atoms with Crippen molar-refractivity contribution in [3.8, 4) is 11.6 Å². The van der Waals surface area contributed by atoms with Crippen molar-refractivity contribution in [2.75, 3.05) is 26.3 Å². The summed E-state index contributed by atoms with van der Waals surface area (Å²) in [6.07, 6.45) is 3.63. The molecule has 2 fully saturated rings. The summed E-state index contributed by atoms with van der Waals surface area (Å²) in [5, 5.41) is 0. The smallest absolute Gasteiger partial charge is 0.225 e. The van der Waals surface area contributed by atoms with E-state index in [1.807, 2.05) is 49.1 Å². The first-order chi connectivity index (χ1) is 14.1. The van der Waals surface area contributed by atoms with Crippen molar-refractivity contribution < 1.29 is 14.3 Å². The Hall–Kier alpha value is -2.47. The van der Waals surface area contributed by atoms with E-state index in [2.05, 4.69) is 4.98 Å². The Morgan fingerprint density at radius 3 is 2.72 bits per heavy atom. The fraction of sp³-hybridized carbons (Fsp3) is 0.522. The van der Waals surface area contributed by atoms with Gasteiger partial charge in [-0.05, 0) is 51.2 Å². The number of aryl methyl sites for hydroxylation is 2. The number of nitrogens with zero attached hydrogens (tertiary/aromatic N) is 3. The van der Waals surface area contributed by atoms with Gasteiger partial charge in [-0.15, -0.1) is 0 Å². The molecule has 0 bridgehead atoms. The first-order valence-electron chi connectivity index (χ1n) is 10.6. The molecule has 2 aliphatic heterocycles. The lowest BCUT2D eigenvalue weighted by Crippen LogP contribution is -2.44. The molecule has 6 nitrogen and oxygen atoms in total. The highest BCUT2D eigenvalue weighted by Gasteiger charge is 2.31. The van der Waals surface area contributed by atoms with Crippen LogP contribution in [0.3, 0.4) is 0 Å². The van der Waals surface area contributed by atoms with E-state index in [4.69, 9.17) is 14.5 Å². The molecule has 2 aliphatic rings. The summed E-state index contributed by atoms with van der Waals surface area (Å²) < 4.78 is 11.5. The number of para-hydroxylation sites is 1. The molecule has 6 heteroatoms. The van der Waals surface area contributed by atoms with Crippen molar-refractivity contribution >= 4 is 5.91 Å². The zero-order valence-corrected chi connectivity index (χ0v) is 17.3. The molecule has 0 radical (unpaired) electrons. The van der Waals surface area contributed by atoms with Gasteiger partial charge in [-0.1, -0.05) is 18.2 Å². The van der Waals surface area contributed by atoms with Gasteiger partial charge in [0.25, 0.3) is 0 Å². The maximum Gasteiger partial charge on any atom is 0.225 e. The van der Waals surface area contributed by atoms with Crippen LogP contribution in [0.2, 0.25) is 0 Å². The van der Waals surface area contributed by atoms with Gasteiger partial charge in [0.05, 0.1) is 0 Å². The van der Waals surface area contributed by atoms with E-state index in [9.17, 15) is 4.79 Å². The lowest BCUT2D eigenvalue weighted by atomic mass is 9.93. The molecule has 154 valence electrons. The Bertz CT molecular complexity index is 864. The van der Waals surface area contributed by atoms with Gasteiger partial charge in [0, 0.05) is 49.9 Å². The summed E-state index contributed by atoms with van der Waals surface area (Å²) >= 11 is 0. The van der Waals surface area contributed by atoms with Crippen LogP contribution < -0.4 is 4.74 Å². The fourth-order valence-corrected chi connectivity index (χ4v) is 4.17. The summed E-state index contributed by atoms with van der Waals surface area (Å²) in [5.74, 6) is 2.65. The van der Waals surface area contributed by atoms with E-state index in [1.54, 1.807) is 0 Å². The summed E-state index contributed by atoms with van der Waals surface area (Å²) in [5.41, 5.74) is 1.95. The average molecular weight is 396 g/mol. The number of piperidine rings is 1. The molecule has 0 unspecified atom stereocenters. The molecule has 1 aromatic heterocycles. The normalized spacial score (nSPS) is 20.5. The number of carbonyl (C=O) groups is 1. The zero-order valence-electron chi connectivity index (χ0n) is 17.3. The predicted octanol–water partition coefficient (Wildman–Crippen LogP) is 4.02. The van der Waals surface area contributed by atoms with Gasteiger partial charge in [0.2, 0.25) is 11.8 Å². The van der Waals surface area contributed by atoms with Crippen LogP contribution in [0, 0.1) is 19.8 Å². The third kappa shape index (κ3) is 4.75. The maximum atomic E-state index is 12.9. The Kier molecular flexibility index (Phi) is 6.09. The monoisotopic (exact) mass is 395 g/mol. The van der Waals surface area contributed by atoms with E-state index in [0.29, 0.717) is 25.6 Å². The van der Waals surface area contributed by atoms with Crippen LogP contribution in [-0.4, -0.2) is 47.1 Å². The molecule has 1 aromatic carbocycles. The van der Waals surface area contributed by atoms with Gasteiger partial charge in [-0.2, -0.15) is 4.98 Å². The molecule has 0 saturated carbocycles. The number of ether oxygens (including phenoxy) is 2. The first kappa shape index (κ1) is 19.8.